The van der Waals surface area contributed by atoms with Gasteiger partial charge in [0.2, 0.25) is 5.91 Å². The van der Waals surface area contributed by atoms with Crippen LogP contribution < -0.4 is 10.6 Å². The first-order valence-corrected chi connectivity index (χ1v) is 5.33. The van der Waals surface area contributed by atoms with Crippen LogP contribution in [0.3, 0.4) is 0 Å². The normalized spacial score (nSPS) is 9.38. The molecule has 0 aliphatic heterocycles. The molecule has 0 aromatic rings. The second-order valence-electron chi connectivity index (χ2n) is 3.08. The molecule has 2 N–H and O–H groups in total. The highest BCUT2D eigenvalue weighted by atomic mass is 16.5. The van der Waals surface area contributed by atoms with Crippen molar-refractivity contribution in [2.45, 2.75) is 26.7 Å². The highest BCUT2D eigenvalue weighted by molar-refractivity contribution is 6.32. The van der Waals surface area contributed by atoms with Gasteiger partial charge in [0.15, 0.2) is 0 Å². The van der Waals surface area contributed by atoms with Crippen molar-refractivity contribution in [3.05, 3.63) is 0 Å². The van der Waals surface area contributed by atoms with E-state index in [9.17, 15) is 14.4 Å². The van der Waals surface area contributed by atoms with Crippen LogP contribution in [0.4, 0.5) is 0 Å². The lowest BCUT2D eigenvalue weighted by Crippen LogP contribution is -2.35. The molecule has 92 valence electrons. The van der Waals surface area contributed by atoms with E-state index in [1.807, 2.05) is 6.92 Å². The van der Waals surface area contributed by atoms with E-state index in [1.165, 1.54) is 0 Å². The number of nitrogens with one attached hydrogen (secondary N) is 2. The van der Waals surface area contributed by atoms with E-state index in [-0.39, 0.29) is 25.5 Å². The molecule has 0 aliphatic carbocycles. The molecule has 0 radical (unpaired) electrons. The average molecular weight is 230 g/mol. The molecule has 2 amide bonds. The minimum Gasteiger partial charge on any atom is -0.459 e. The molecule has 0 saturated carbocycles. The number of hydrogen-bond donors (Lipinski definition) is 2. The van der Waals surface area contributed by atoms with E-state index in [1.54, 1.807) is 6.92 Å². The Balaban J connectivity index is 3.61. The van der Waals surface area contributed by atoms with Gasteiger partial charge in [-0.15, -0.1) is 0 Å². The fourth-order valence-electron chi connectivity index (χ4n) is 0.911. The third-order valence-corrected chi connectivity index (χ3v) is 1.67. The molecular formula is C10H18N2O4. The standard InChI is InChI=1S/C10H18N2O4/c1-3-6-11-8(13)5-7-12-9(14)10(15)16-4-2/h3-7H2,1-2H3,(H,11,13)(H,12,14). The highest BCUT2D eigenvalue weighted by Crippen LogP contribution is 1.82. The Bertz CT molecular complexity index is 253. The number of ether oxygens (including phenoxy) is 1. The van der Waals surface area contributed by atoms with Gasteiger partial charge in [0.05, 0.1) is 6.61 Å². The Morgan fingerprint density at radius 2 is 1.75 bits per heavy atom. The van der Waals surface area contributed by atoms with Gasteiger partial charge < -0.3 is 15.4 Å². The number of hydrogen-bond acceptors (Lipinski definition) is 4. The van der Waals surface area contributed by atoms with Crippen LogP contribution in [0, 0.1) is 0 Å². The Labute approximate surface area is 94.7 Å². The van der Waals surface area contributed by atoms with Gasteiger partial charge in [-0.1, -0.05) is 6.92 Å². The van der Waals surface area contributed by atoms with Crippen molar-refractivity contribution in [3.8, 4) is 0 Å². The summed E-state index contributed by atoms with van der Waals surface area (Å²) in [6, 6.07) is 0. The smallest absolute Gasteiger partial charge is 0.396 e. The summed E-state index contributed by atoms with van der Waals surface area (Å²) in [7, 11) is 0. The van der Waals surface area contributed by atoms with Crippen molar-refractivity contribution in [2.75, 3.05) is 19.7 Å². The first kappa shape index (κ1) is 14.4. The van der Waals surface area contributed by atoms with Crippen molar-refractivity contribution in [3.63, 3.8) is 0 Å². The summed E-state index contributed by atoms with van der Waals surface area (Å²) in [5.41, 5.74) is 0. The molecule has 0 rings (SSSR count). The molecule has 6 heteroatoms. The Kier molecular flexibility index (Phi) is 7.83. The lowest BCUT2D eigenvalue weighted by molar-refractivity contribution is -0.154. The van der Waals surface area contributed by atoms with Crippen molar-refractivity contribution in [2.24, 2.45) is 0 Å². The molecule has 0 unspecified atom stereocenters. The van der Waals surface area contributed by atoms with Crippen LogP contribution in [0.1, 0.15) is 26.7 Å². The maximum Gasteiger partial charge on any atom is 0.396 e. The zero-order valence-electron chi connectivity index (χ0n) is 9.67. The van der Waals surface area contributed by atoms with Crippen LogP contribution in [-0.2, 0) is 19.1 Å². The fraction of sp³-hybridized carbons (Fsp3) is 0.700. The average Bonchev–Trinajstić information content (AvgIpc) is 2.26. The molecule has 0 aromatic carbocycles. The third kappa shape index (κ3) is 6.80. The first-order valence-electron chi connectivity index (χ1n) is 5.33. The van der Waals surface area contributed by atoms with Gasteiger partial charge in [0.25, 0.3) is 0 Å². The van der Waals surface area contributed by atoms with E-state index in [0.29, 0.717) is 6.54 Å². The second-order valence-corrected chi connectivity index (χ2v) is 3.08. The molecule has 0 aromatic heterocycles. The number of esters is 1. The molecule has 0 atom stereocenters. The summed E-state index contributed by atoms with van der Waals surface area (Å²) in [6.07, 6.45) is 1.02. The van der Waals surface area contributed by atoms with Crippen LogP contribution in [0.2, 0.25) is 0 Å². The van der Waals surface area contributed by atoms with E-state index in [4.69, 9.17) is 0 Å². The second kappa shape index (κ2) is 8.70. The quantitative estimate of drug-likeness (QED) is 0.479. The maximum absolute atomic E-state index is 11.1. The van der Waals surface area contributed by atoms with Gasteiger partial charge in [0, 0.05) is 19.5 Å². The summed E-state index contributed by atoms with van der Waals surface area (Å²) in [4.78, 5) is 33.0. The monoisotopic (exact) mass is 230 g/mol. The number of amides is 2. The van der Waals surface area contributed by atoms with Gasteiger partial charge in [-0.25, -0.2) is 4.79 Å². The van der Waals surface area contributed by atoms with Gasteiger partial charge in [-0.2, -0.15) is 0 Å². The zero-order chi connectivity index (χ0) is 12.4. The van der Waals surface area contributed by atoms with Crippen molar-refractivity contribution < 1.29 is 19.1 Å². The molecule has 0 heterocycles. The number of carbonyl (C=O) groups is 3. The molecule has 0 bridgehead atoms. The van der Waals surface area contributed by atoms with E-state index in [2.05, 4.69) is 15.4 Å². The maximum atomic E-state index is 11.1. The SMILES string of the molecule is CCCNC(=O)CCNC(=O)C(=O)OCC. The largest absolute Gasteiger partial charge is 0.459 e. The predicted molar refractivity (Wildman–Crippen MR) is 57.6 cm³/mol. The van der Waals surface area contributed by atoms with Crippen LogP contribution >= 0.6 is 0 Å². The van der Waals surface area contributed by atoms with E-state index < -0.39 is 11.9 Å². The predicted octanol–water partition coefficient (Wildman–Crippen LogP) is -0.418. The lowest BCUT2D eigenvalue weighted by Gasteiger charge is -2.05. The first-order chi connectivity index (χ1) is 7.61. The summed E-state index contributed by atoms with van der Waals surface area (Å²) in [6.45, 7) is 4.47. The Morgan fingerprint density at radius 1 is 1.06 bits per heavy atom. The third-order valence-electron chi connectivity index (χ3n) is 1.67. The molecular weight excluding hydrogens is 212 g/mol. The number of carbonyl (C=O) groups excluding carboxylic acids is 3. The highest BCUT2D eigenvalue weighted by Gasteiger charge is 2.13. The molecule has 0 saturated heterocycles. The Hall–Kier alpha value is -1.59. The summed E-state index contributed by atoms with van der Waals surface area (Å²) in [5, 5.41) is 4.95. The molecule has 0 fully saturated rings. The molecule has 16 heavy (non-hydrogen) atoms. The minimum absolute atomic E-state index is 0.132. The summed E-state index contributed by atoms with van der Waals surface area (Å²) < 4.78 is 4.47. The van der Waals surface area contributed by atoms with Crippen LogP contribution in [0.5, 0.6) is 0 Å². The van der Waals surface area contributed by atoms with E-state index in [0.717, 1.165) is 6.42 Å². The lowest BCUT2D eigenvalue weighted by atomic mass is 10.3. The van der Waals surface area contributed by atoms with Crippen LogP contribution in [-0.4, -0.2) is 37.5 Å². The fourth-order valence-corrected chi connectivity index (χ4v) is 0.911. The van der Waals surface area contributed by atoms with Gasteiger partial charge in [-0.05, 0) is 13.3 Å². The molecule has 0 aliphatic rings. The van der Waals surface area contributed by atoms with Crippen LogP contribution in [0.25, 0.3) is 0 Å². The van der Waals surface area contributed by atoms with Gasteiger partial charge in [-0.3, -0.25) is 9.59 Å². The topological polar surface area (TPSA) is 84.5 Å². The number of rotatable bonds is 6. The van der Waals surface area contributed by atoms with Crippen LogP contribution in [0.15, 0.2) is 0 Å². The summed E-state index contributed by atoms with van der Waals surface area (Å²) in [5.74, 6) is -1.88. The zero-order valence-corrected chi connectivity index (χ0v) is 9.67. The van der Waals surface area contributed by atoms with Crippen molar-refractivity contribution in [1.82, 2.24) is 10.6 Å². The van der Waals surface area contributed by atoms with E-state index >= 15 is 0 Å². The molecule has 6 nitrogen and oxygen atoms in total. The van der Waals surface area contributed by atoms with Crippen molar-refractivity contribution in [1.29, 1.82) is 0 Å². The minimum atomic E-state index is -0.920. The molecule has 0 spiro atoms. The summed E-state index contributed by atoms with van der Waals surface area (Å²) >= 11 is 0. The van der Waals surface area contributed by atoms with Crippen molar-refractivity contribution >= 4 is 17.8 Å². The van der Waals surface area contributed by atoms with Gasteiger partial charge >= 0.3 is 11.9 Å². The van der Waals surface area contributed by atoms with Gasteiger partial charge in [0.1, 0.15) is 0 Å². The Morgan fingerprint density at radius 3 is 2.31 bits per heavy atom.